The number of non-ortho nitro benzene ring substituents is 1. The predicted octanol–water partition coefficient (Wildman–Crippen LogP) is 4.36. The zero-order valence-electron chi connectivity index (χ0n) is 18.3. The van der Waals surface area contributed by atoms with Crippen LogP contribution in [0.25, 0.3) is 0 Å². The van der Waals surface area contributed by atoms with Crippen LogP contribution in [0.2, 0.25) is 5.02 Å². The average Bonchev–Trinajstić information content (AvgIpc) is 2.80. The highest BCUT2D eigenvalue weighted by molar-refractivity contribution is 6.34. The summed E-state index contributed by atoms with van der Waals surface area (Å²) in [5.74, 6) is 1.07. The fourth-order valence-corrected chi connectivity index (χ4v) is 3.89. The number of hydrogen-bond acceptors (Lipinski definition) is 7. The lowest BCUT2D eigenvalue weighted by atomic mass is 10.1. The van der Waals surface area contributed by atoms with Crippen LogP contribution in [-0.2, 0) is 0 Å². The van der Waals surface area contributed by atoms with Crippen LogP contribution in [0, 0.1) is 24.0 Å². The van der Waals surface area contributed by atoms with Crippen molar-refractivity contribution in [3.05, 3.63) is 80.5 Å². The van der Waals surface area contributed by atoms with Crippen molar-refractivity contribution in [1.82, 2.24) is 14.9 Å². The number of carbonyl (C=O) groups is 1. The Morgan fingerprint density at radius 2 is 1.73 bits per heavy atom. The maximum Gasteiger partial charge on any atom is 0.270 e. The third kappa shape index (κ3) is 5.20. The summed E-state index contributed by atoms with van der Waals surface area (Å²) in [6.07, 6.45) is 0. The van der Waals surface area contributed by atoms with Gasteiger partial charge in [-0.05, 0) is 32.0 Å². The van der Waals surface area contributed by atoms with Gasteiger partial charge in [0, 0.05) is 55.8 Å². The van der Waals surface area contributed by atoms with Gasteiger partial charge in [0.1, 0.15) is 5.82 Å². The number of piperazine rings is 1. The van der Waals surface area contributed by atoms with Crippen LogP contribution in [0.3, 0.4) is 0 Å². The quantitative estimate of drug-likeness (QED) is 0.440. The summed E-state index contributed by atoms with van der Waals surface area (Å²) >= 11 is 6.14. The first kappa shape index (κ1) is 22.5. The SMILES string of the molecule is Cc1ccc(Nc2nc(C)cc(N3CCN(C(=O)c4ccc([N+](=O)[O-])cc4Cl)CC3)n2)cc1. The number of nitro benzene ring substituents is 1. The van der Waals surface area contributed by atoms with Crippen LogP contribution < -0.4 is 10.2 Å². The maximum absolute atomic E-state index is 12.9. The van der Waals surface area contributed by atoms with Gasteiger partial charge in [0.25, 0.3) is 11.6 Å². The molecule has 9 nitrogen and oxygen atoms in total. The first-order chi connectivity index (χ1) is 15.8. The maximum atomic E-state index is 12.9. The van der Waals surface area contributed by atoms with E-state index < -0.39 is 4.92 Å². The Balaban J connectivity index is 1.43. The lowest BCUT2D eigenvalue weighted by molar-refractivity contribution is -0.384. The zero-order valence-corrected chi connectivity index (χ0v) is 19.0. The fraction of sp³-hybridized carbons (Fsp3) is 0.261. The average molecular weight is 467 g/mol. The molecule has 0 unspecified atom stereocenters. The second-order valence-electron chi connectivity index (χ2n) is 7.88. The van der Waals surface area contributed by atoms with Crippen molar-refractivity contribution >= 4 is 40.6 Å². The van der Waals surface area contributed by atoms with Gasteiger partial charge in [-0.25, -0.2) is 4.98 Å². The topological polar surface area (TPSA) is 105 Å². The first-order valence-corrected chi connectivity index (χ1v) is 10.9. The summed E-state index contributed by atoms with van der Waals surface area (Å²) in [5.41, 5.74) is 3.04. The molecule has 1 N–H and O–H groups in total. The molecule has 0 atom stereocenters. The van der Waals surface area contributed by atoms with Crippen molar-refractivity contribution in [3.8, 4) is 0 Å². The van der Waals surface area contributed by atoms with Gasteiger partial charge in [0.15, 0.2) is 0 Å². The zero-order chi connectivity index (χ0) is 23.5. The van der Waals surface area contributed by atoms with Crippen LogP contribution in [0.1, 0.15) is 21.6 Å². The van der Waals surface area contributed by atoms with Crippen LogP contribution in [-0.4, -0.2) is 51.9 Å². The van der Waals surface area contributed by atoms with Gasteiger partial charge in [0.2, 0.25) is 5.95 Å². The minimum atomic E-state index is -0.537. The number of halogens is 1. The Labute approximate surface area is 196 Å². The number of benzene rings is 2. The van der Waals surface area contributed by atoms with E-state index in [2.05, 4.69) is 20.2 Å². The lowest BCUT2D eigenvalue weighted by Gasteiger charge is -2.35. The van der Waals surface area contributed by atoms with Gasteiger partial charge in [-0.3, -0.25) is 14.9 Å². The highest BCUT2D eigenvalue weighted by Gasteiger charge is 2.25. The van der Waals surface area contributed by atoms with Crippen molar-refractivity contribution in [2.24, 2.45) is 0 Å². The summed E-state index contributed by atoms with van der Waals surface area (Å²) < 4.78 is 0. The Kier molecular flexibility index (Phi) is 6.41. The van der Waals surface area contributed by atoms with Crippen LogP contribution >= 0.6 is 11.6 Å². The summed E-state index contributed by atoms with van der Waals surface area (Å²) in [7, 11) is 0. The molecule has 3 aromatic rings. The number of aromatic nitrogens is 2. The monoisotopic (exact) mass is 466 g/mol. The second kappa shape index (κ2) is 9.41. The number of carbonyl (C=O) groups excluding carboxylic acids is 1. The van der Waals surface area contributed by atoms with Crippen molar-refractivity contribution in [1.29, 1.82) is 0 Å². The Morgan fingerprint density at radius 3 is 2.36 bits per heavy atom. The highest BCUT2D eigenvalue weighted by atomic mass is 35.5. The number of nitrogens with zero attached hydrogens (tertiary/aromatic N) is 5. The molecule has 170 valence electrons. The van der Waals surface area contributed by atoms with E-state index in [1.165, 1.54) is 23.8 Å². The number of aryl methyl sites for hydroxylation is 2. The standard InChI is InChI=1S/C23H23ClN6O3/c1-15-3-5-17(6-4-15)26-23-25-16(2)13-21(27-23)28-9-11-29(12-10-28)22(31)19-8-7-18(30(32)33)14-20(19)24/h3-8,13-14H,9-12H2,1-2H3,(H,25,26,27). The Bertz CT molecular complexity index is 1190. The van der Waals surface area contributed by atoms with E-state index in [0.717, 1.165) is 17.2 Å². The molecule has 33 heavy (non-hydrogen) atoms. The molecular weight excluding hydrogens is 444 g/mol. The molecule has 0 radical (unpaired) electrons. The molecule has 2 aromatic carbocycles. The summed E-state index contributed by atoms with van der Waals surface area (Å²) in [6.45, 7) is 6.10. The van der Waals surface area contributed by atoms with E-state index in [0.29, 0.717) is 32.1 Å². The number of nitro groups is 1. The third-order valence-electron chi connectivity index (χ3n) is 5.43. The van der Waals surface area contributed by atoms with E-state index in [4.69, 9.17) is 11.6 Å². The summed E-state index contributed by atoms with van der Waals surface area (Å²) in [4.78, 5) is 36.2. The van der Waals surface area contributed by atoms with E-state index in [1.54, 1.807) is 4.90 Å². The predicted molar refractivity (Wildman–Crippen MR) is 127 cm³/mol. The van der Waals surface area contributed by atoms with Gasteiger partial charge < -0.3 is 15.1 Å². The van der Waals surface area contributed by atoms with Gasteiger partial charge in [-0.15, -0.1) is 0 Å². The number of nitrogens with one attached hydrogen (secondary N) is 1. The molecule has 1 aliphatic rings. The Morgan fingerprint density at radius 1 is 1.03 bits per heavy atom. The molecular formula is C23H23ClN6O3. The van der Waals surface area contributed by atoms with Crippen LogP contribution in [0.4, 0.5) is 23.1 Å². The molecule has 4 rings (SSSR count). The molecule has 0 aliphatic carbocycles. The van der Waals surface area contributed by atoms with Crippen LogP contribution in [0.15, 0.2) is 48.5 Å². The summed E-state index contributed by atoms with van der Waals surface area (Å²) in [6, 6.07) is 13.8. The highest BCUT2D eigenvalue weighted by Crippen LogP contribution is 2.25. The Hall–Kier alpha value is -3.72. The van der Waals surface area contributed by atoms with E-state index in [1.807, 2.05) is 44.2 Å². The number of amides is 1. The van der Waals surface area contributed by atoms with E-state index in [-0.39, 0.29) is 22.2 Å². The molecule has 2 heterocycles. The fourth-order valence-electron chi connectivity index (χ4n) is 3.64. The third-order valence-corrected chi connectivity index (χ3v) is 5.75. The molecule has 0 bridgehead atoms. The molecule has 1 amide bonds. The normalized spacial score (nSPS) is 13.7. The van der Waals surface area contributed by atoms with Crippen molar-refractivity contribution in [2.45, 2.75) is 13.8 Å². The molecule has 10 heteroatoms. The molecule has 1 fully saturated rings. The smallest absolute Gasteiger partial charge is 0.270 e. The minimum absolute atomic E-state index is 0.0786. The van der Waals surface area contributed by atoms with Gasteiger partial charge >= 0.3 is 0 Å². The molecule has 1 aromatic heterocycles. The van der Waals surface area contributed by atoms with Gasteiger partial charge in [0.05, 0.1) is 15.5 Å². The molecule has 0 saturated carbocycles. The second-order valence-corrected chi connectivity index (χ2v) is 8.29. The summed E-state index contributed by atoms with van der Waals surface area (Å²) in [5, 5.41) is 14.2. The minimum Gasteiger partial charge on any atom is -0.353 e. The van der Waals surface area contributed by atoms with E-state index >= 15 is 0 Å². The van der Waals surface area contributed by atoms with Gasteiger partial charge in [-0.2, -0.15) is 4.98 Å². The van der Waals surface area contributed by atoms with Crippen molar-refractivity contribution in [2.75, 3.05) is 36.4 Å². The largest absolute Gasteiger partial charge is 0.353 e. The lowest BCUT2D eigenvalue weighted by Crippen LogP contribution is -2.49. The number of anilines is 3. The number of rotatable bonds is 5. The first-order valence-electron chi connectivity index (χ1n) is 10.5. The molecule has 0 spiro atoms. The number of hydrogen-bond donors (Lipinski definition) is 1. The molecule has 1 aliphatic heterocycles. The molecule has 1 saturated heterocycles. The van der Waals surface area contributed by atoms with Crippen molar-refractivity contribution in [3.63, 3.8) is 0 Å². The van der Waals surface area contributed by atoms with Crippen molar-refractivity contribution < 1.29 is 9.72 Å². The van der Waals surface area contributed by atoms with E-state index in [9.17, 15) is 14.9 Å². The van der Waals surface area contributed by atoms with Crippen LogP contribution in [0.5, 0.6) is 0 Å². The van der Waals surface area contributed by atoms with Gasteiger partial charge in [-0.1, -0.05) is 29.3 Å².